The average Bonchev–Trinajstić information content (AvgIpc) is 2.03. The van der Waals surface area contributed by atoms with E-state index in [0.29, 0.717) is 0 Å². The first-order chi connectivity index (χ1) is 6.60. The van der Waals surface area contributed by atoms with Crippen molar-refractivity contribution >= 4 is 0 Å². The van der Waals surface area contributed by atoms with Crippen molar-refractivity contribution in [2.75, 3.05) is 13.2 Å². The van der Waals surface area contributed by atoms with Crippen molar-refractivity contribution < 1.29 is 23.6 Å². The van der Waals surface area contributed by atoms with Crippen LogP contribution in [0, 0.1) is 26.8 Å². The fourth-order valence-electron chi connectivity index (χ4n) is 1.31. The third-order valence-corrected chi connectivity index (χ3v) is 1.69. The molecule has 1 nitrogen and oxygen atoms in total. The van der Waals surface area contributed by atoms with Gasteiger partial charge in [-0.05, 0) is 13.8 Å². The van der Waals surface area contributed by atoms with Crippen LogP contribution >= 0.6 is 0 Å². The van der Waals surface area contributed by atoms with Gasteiger partial charge in [-0.3, -0.25) is 0 Å². The van der Waals surface area contributed by atoms with E-state index in [1.165, 1.54) is 16.7 Å². The molecule has 0 N–H and O–H groups in total. The van der Waals surface area contributed by atoms with Crippen molar-refractivity contribution in [1.82, 2.24) is 0 Å². The van der Waals surface area contributed by atoms with Crippen LogP contribution in [-0.4, -0.2) is 13.2 Å². The van der Waals surface area contributed by atoms with Crippen molar-refractivity contribution in [3.05, 3.63) is 34.9 Å². The van der Waals surface area contributed by atoms with Gasteiger partial charge in [0, 0.05) is 13.2 Å². The van der Waals surface area contributed by atoms with E-state index in [0.717, 1.165) is 13.2 Å². The summed E-state index contributed by atoms with van der Waals surface area (Å²) in [4.78, 5) is 0. The summed E-state index contributed by atoms with van der Waals surface area (Å²) in [6, 6.07) is 7.47. The van der Waals surface area contributed by atoms with Crippen molar-refractivity contribution in [3.8, 4) is 0 Å². The minimum absolute atomic E-state index is 0. The normalized spacial score (nSPS) is 8.60. The van der Waals surface area contributed by atoms with Crippen molar-refractivity contribution in [1.29, 1.82) is 0 Å². The topological polar surface area (TPSA) is 9.23 Å². The third kappa shape index (κ3) is 10.1. The Morgan fingerprint density at radius 3 is 1.60 bits per heavy atom. The Balaban J connectivity index is 0. The van der Waals surface area contributed by atoms with Crippen molar-refractivity contribution in [3.63, 3.8) is 0 Å². The smallest absolute Gasteiger partial charge is 0.382 e. The van der Waals surface area contributed by atoms with Crippen LogP contribution < -0.4 is 18.9 Å². The molecule has 1 aromatic rings. The average molecular weight is 200 g/mol. The van der Waals surface area contributed by atoms with E-state index in [4.69, 9.17) is 4.74 Å². The molecule has 0 unspecified atom stereocenters. The fourth-order valence-corrected chi connectivity index (χ4v) is 1.31. The van der Waals surface area contributed by atoms with Crippen LogP contribution in [0.3, 0.4) is 0 Å². The first kappa shape index (κ1) is 17.2. The predicted octanol–water partition coefficient (Wildman–Crippen LogP) is 0.459. The zero-order valence-corrected chi connectivity index (χ0v) is 11.0. The van der Waals surface area contributed by atoms with Gasteiger partial charge in [0.1, 0.15) is 0 Å². The van der Waals surface area contributed by atoms with Gasteiger partial charge < -0.3 is 4.74 Å². The van der Waals surface area contributed by atoms with Crippen LogP contribution in [-0.2, 0) is 4.74 Å². The minimum Gasteiger partial charge on any atom is -0.382 e. The van der Waals surface area contributed by atoms with Crippen LogP contribution in [0.1, 0.15) is 30.5 Å². The fraction of sp³-hybridized carbons (Fsp3) is 0.538. The standard InChI is InChI=1S/C9H11.C4H10O.Li/c1-7-4-8(2)6-9(3)5-7;1-3-5-4-2;/h4-5H,1-3H3;3-4H2,1-2H3;/q-1;;+1. The molecule has 0 bridgehead atoms. The molecule has 15 heavy (non-hydrogen) atoms. The van der Waals surface area contributed by atoms with Crippen molar-refractivity contribution in [2.24, 2.45) is 0 Å². The summed E-state index contributed by atoms with van der Waals surface area (Å²) in [6.07, 6.45) is 0. The van der Waals surface area contributed by atoms with Crippen LogP contribution in [0.2, 0.25) is 0 Å². The van der Waals surface area contributed by atoms with E-state index < -0.39 is 0 Å². The van der Waals surface area contributed by atoms with Crippen LogP contribution in [0.5, 0.6) is 0 Å². The number of aryl methyl sites for hydroxylation is 3. The van der Waals surface area contributed by atoms with Gasteiger partial charge in [0.05, 0.1) is 0 Å². The molecule has 0 fully saturated rings. The van der Waals surface area contributed by atoms with Crippen LogP contribution in [0.25, 0.3) is 0 Å². The summed E-state index contributed by atoms with van der Waals surface area (Å²) in [6.45, 7) is 11.9. The minimum atomic E-state index is 0. The second kappa shape index (κ2) is 10.3. The Kier molecular flexibility index (Phi) is 11.8. The van der Waals surface area contributed by atoms with E-state index in [9.17, 15) is 0 Å². The van der Waals surface area contributed by atoms with Gasteiger partial charge in [0.15, 0.2) is 0 Å². The molecular formula is C13H21LiO. The summed E-state index contributed by atoms with van der Waals surface area (Å²) in [5, 5.41) is 0. The second-order valence-corrected chi connectivity index (χ2v) is 3.31. The maximum absolute atomic E-state index is 4.83. The molecule has 0 heterocycles. The van der Waals surface area contributed by atoms with Crippen LogP contribution in [0.4, 0.5) is 0 Å². The molecule has 1 aromatic carbocycles. The third-order valence-electron chi connectivity index (χ3n) is 1.69. The van der Waals surface area contributed by atoms with Gasteiger partial charge in [-0.1, -0.05) is 20.8 Å². The molecule has 0 aromatic heterocycles. The number of hydrogen-bond acceptors (Lipinski definition) is 1. The molecule has 0 saturated heterocycles. The molecule has 0 aliphatic rings. The van der Waals surface area contributed by atoms with E-state index in [1.54, 1.807) is 0 Å². The van der Waals surface area contributed by atoms with Gasteiger partial charge in [-0.15, -0.1) is 0 Å². The summed E-state index contributed by atoms with van der Waals surface area (Å²) >= 11 is 0. The summed E-state index contributed by atoms with van der Waals surface area (Å²) in [5.74, 6) is 0. The Hall–Kier alpha value is -0.223. The van der Waals surface area contributed by atoms with E-state index in [2.05, 4.69) is 39.0 Å². The molecule has 0 amide bonds. The first-order valence-electron chi connectivity index (χ1n) is 5.15. The maximum Gasteiger partial charge on any atom is 1.00 e. The molecule has 0 aliphatic carbocycles. The molecule has 80 valence electrons. The van der Waals surface area contributed by atoms with Crippen LogP contribution in [0.15, 0.2) is 12.1 Å². The number of ether oxygens (including phenoxy) is 1. The Labute approximate surface area is 106 Å². The predicted molar refractivity (Wildman–Crippen MR) is 61.7 cm³/mol. The number of rotatable bonds is 2. The largest absolute Gasteiger partial charge is 1.00 e. The first-order valence-corrected chi connectivity index (χ1v) is 5.15. The van der Waals surface area contributed by atoms with Gasteiger partial charge in [-0.2, -0.15) is 34.9 Å². The molecular weight excluding hydrogens is 179 g/mol. The van der Waals surface area contributed by atoms with E-state index in [-0.39, 0.29) is 18.9 Å². The molecule has 1 rings (SSSR count). The summed E-state index contributed by atoms with van der Waals surface area (Å²) in [7, 11) is 0. The Morgan fingerprint density at radius 2 is 1.40 bits per heavy atom. The monoisotopic (exact) mass is 200 g/mol. The summed E-state index contributed by atoms with van der Waals surface area (Å²) < 4.78 is 4.83. The summed E-state index contributed by atoms with van der Waals surface area (Å²) in [5.41, 5.74) is 3.78. The van der Waals surface area contributed by atoms with Gasteiger partial charge in [0.25, 0.3) is 0 Å². The zero-order valence-electron chi connectivity index (χ0n) is 11.0. The quantitative estimate of drug-likeness (QED) is 0.498. The second-order valence-electron chi connectivity index (χ2n) is 3.31. The van der Waals surface area contributed by atoms with E-state index >= 15 is 0 Å². The van der Waals surface area contributed by atoms with Gasteiger partial charge in [-0.25, -0.2) is 0 Å². The molecule has 0 spiro atoms. The Morgan fingerprint density at radius 1 is 1.00 bits per heavy atom. The van der Waals surface area contributed by atoms with Crippen molar-refractivity contribution in [2.45, 2.75) is 34.6 Å². The Bertz CT molecular complexity index is 206. The molecule has 0 saturated carbocycles. The van der Waals surface area contributed by atoms with E-state index in [1.807, 2.05) is 13.8 Å². The van der Waals surface area contributed by atoms with Gasteiger partial charge >= 0.3 is 18.9 Å². The zero-order chi connectivity index (χ0) is 11.0. The molecule has 2 heteroatoms. The van der Waals surface area contributed by atoms with Gasteiger partial charge in [0.2, 0.25) is 0 Å². The number of hydrogen-bond donors (Lipinski definition) is 0. The molecule has 0 radical (unpaired) electrons. The SMILES string of the molecule is CCOCC.Cc1[c-]c(C)cc(C)c1.[Li+]. The number of benzene rings is 1. The molecule has 0 aliphatic heterocycles. The maximum atomic E-state index is 4.83. The molecule has 0 atom stereocenters.